The monoisotopic (exact) mass is 307 g/mol. The van der Waals surface area contributed by atoms with Crippen molar-refractivity contribution in [1.29, 1.82) is 0 Å². The summed E-state index contributed by atoms with van der Waals surface area (Å²) in [6.07, 6.45) is 4.22. The van der Waals surface area contributed by atoms with E-state index in [0.29, 0.717) is 6.54 Å². The molecular weight excluding hydrogens is 285 g/mol. The average molecular weight is 307 g/mol. The lowest BCUT2D eigenvalue weighted by molar-refractivity contribution is -0.121. The smallest absolute Gasteiger partial charge is 0.318 e. The molecule has 0 unspecified atom stereocenters. The van der Waals surface area contributed by atoms with Gasteiger partial charge in [-0.1, -0.05) is 25.0 Å². The van der Waals surface area contributed by atoms with Crippen LogP contribution in [0.2, 0.25) is 0 Å². The minimum absolute atomic E-state index is 0.0883. The molecule has 120 valence electrons. The van der Waals surface area contributed by atoms with Crippen LogP contribution in [0.1, 0.15) is 38.2 Å². The van der Waals surface area contributed by atoms with E-state index in [1.54, 1.807) is 6.92 Å². The van der Waals surface area contributed by atoms with E-state index < -0.39 is 18.0 Å². The van der Waals surface area contributed by atoms with Gasteiger partial charge in [-0.15, -0.1) is 0 Å². The summed E-state index contributed by atoms with van der Waals surface area (Å²) in [7, 11) is 0. The van der Waals surface area contributed by atoms with Crippen molar-refractivity contribution in [2.75, 3.05) is 6.54 Å². The fourth-order valence-electron chi connectivity index (χ4n) is 3.09. The number of nitrogens with two attached hydrogens (primary N) is 1. The van der Waals surface area contributed by atoms with Gasteiger partial charge in [0.25, 0.3) is 0 Å². The Balaban J connectivity index is 2.04. The number of hydrogen-bond donors (Lipinski definition) is 3. The second kappa shape index (κ2) is 6.87. The third-order valence-corrected chi connectivity index (χ3v) is 4.40. The van der Waals surface area contributed by atoms with E-state index in [9.17, 15) is 14.0 Å². The van der Waals surface area contributed by atoms with Crippen LogP contribution in [0.15, 0.2) is 24.3 Å². The van der Waals surface area contributed by atoms with Gasteiger partial charge >= 0.3 is 6.03 Å². The number of hydrogen-bond acceptors (Lipinski definition) is 3. The Morgan fingerprint density at radius 1 is 1.27 bits per heavy atom. The van der Waals surface area contributed by atoms with E-state index in [1.807, 2.05) is 12.1 Å². The lowest BCUT2D eigenvalue weighted by atomic mass is 9.78. The third-order valence-electron chi connectivity index (χ3n) is 4.40. The van der Waals surface area contributed by atoms with Crippen molar-refractivity contribution in [3.05, 3.63) is 35.6 Å². The first-order valence-corrected chi connectivity index (χ1v) is 7.53. The summed E-state index contributed by atoms with van der Waals surface area (Å²) in [6, 6.07) is 5.20. The Labute approximate surface area is 129 Å². The van der Waals surface area contributed by atoms with Crippen molar-refractivity contribution >= 4 is 11.9 Å². The molecule has 5 nitrogen and oxygen atoms in total. The van der Waals surface area contributed by atoms with Crippen LogP contribution < -0.4 is 16.4 Å². The van der Waals surface area contributed by atoms with Gasteiger partial charge in [0, 0.05) is 12.0 Å². The zero-order valence-electron chi connectivity index (χ0n) is 12.7. The van der Waals surface area contributed by atoms with Crippen molar-refractivity contribution in [3.63, 3.8) is 0 Å². The zero-order chi connectivity index (χ0) is 16.2. The van der Waals surface area contributed by atoms with Gasteiger partial charge in [0.1, 0.15) is 5.82 Å². The van der Waals surface area contributed by atoms with Crippen LogP contribution in [-0.4, -0.2) is 24.5 Å². The van der Waals surface area contributed by atoms with E-state index in [4.69, 9.17) is 5.73 Å². The summed E-state index contributed by atoms with van der Waals surface area (Å²) in [5, 5.41) is 5.24. The van der Waals surface area contributed by atoms with Gasteiger partial charge in [0.2, 0.25) is 5.91 Å². The van der Waals surface area contributed by atoms with Gasteiger partial charge in [-0.25, -0.2) is 9.18 Å². The summed E-state index contributed by atoms with van der Waals surface area (Å²) in [5.41, 5.74) is 5.94. The maximum Gasteiger partial charge on any atom is 0.318 e. The molecule has 0 aromatic heterocycles. The van der Waals surface area contributed by atoms with E-state index >= 15 is 0 Å². The third kappa shape index (κ3) is 3.82. The second-order valence-electron chi connectivity index (χ2n) is 5.95. The molecule has 0 heterocycles. The summed E-state index contributed by atoms with van der Waals surface area (Å²) >= 11 is 0. The maximum atomic E-state index is 13.1. The molecule has 0 saturated heterocycles. The highest BCUT2D eigenvalue weighted by molar-refractivity contribution is 5.96. The molecule has 0 spiro atoms. The molecule has 1 fully saturated rings. The van der Waals surface area contributed by atoms with E-state index in [-0.39, 0.29) is 11.2 Å². The molecule has 0 bridgehead atoms. The molecular formula is C16H22FN3O2. The van der Waals surface area contributed by atoms with Crippen LogP contribution in [0.4, 0.5) is 9.18 Å². The number of halogens is 1. The Morgan fingerprint density at radius 3 is 2.41 bits per heavy atom. The summed E-state index contributed by atoms with van der Waals surface area (Å²) in [6.45, 7) is 2.29. The van der Waals surface area contributed by atoms with Crippen molar-refractivity contribution in [2.24, 2.45) is 5.73 Å². The standard InChI is InChI=1S/C16H22FN3O2/c1-11(14(21)20-15(18)22)19-10-16(8-2-3-9-16)12-4-6-13(17)7-5-12/h4-7,11,19H,2-3,8-10H2,1H3,(H3,18,20,21,22)/t11-/m1/s1. The van der Waals surface area contributed by atoms with Crippen molar-refractivity contribution in [2.45, 2.75) is 44.1 Å². The summed E-state index contributed by atoms with van der Waals surface area (Å²) in [5.74, 6) is -0.696. The normalized spacial score (nSPS) is 17.9. The first-order valence-electron chi connectivity index (χ1n) is 7.53. The minimum atomic E-state index is -0.854. The molecule has 4 N–H and O–H groups in total. The SMILES string of the molecule is C[C@@H](NCC1(c2ccc(F)cc2)CCCC1)C(=O)NC(N)=O. The molecule has 22 heavy (non-hydrogen) atoms. The van der Waals surface area contributed by atoms with Crippen molar-refractivity contribution in [3.8, 4) is 0 Å². The van der Waals surface area contributed by atoms with Crippen LogP contribution in [0, 0.1) is 5.82 Å². The number of imide groups is 1. The number of carbonyl (C=O) groups excluding carboxylic acids is 2. The van der Waals surface area contributed by atoms with Crippen molar-refractivity contribution in [1.82, 2.24) is 10.6 Å². The quantitative estimate of drug-likeness (QED) is 0.775. The molecule has 0 radical (unpaired) electrons. The van der Waals surface area contributed by atoms with Crippen LogP contribution in [0.3, 0.4) is 0 Å². The highest BCUT2D eigenvalue weighted by Crippen LogP contribution is 2.40. The van der Waals surface area contributed by atoms with Crippen LogP contribution in [0.25, 0.3) is 0 Å². The molecule has 1 aliphatic carbocycles. The number of rotatable bonds is 5. The molecule has 1 atom stereocenters. The molecule has 1 saturated carbocycles. The van der Waals surface area contributed by atoms with Gasteiger partial charge in [0.15, 0.2) is 0 Å². The topological polar surface area (TPSA) is 84.2 Å². The Hall–Kier alpha value is -1.95. The first kappa shape index (κ1) is 16.4. The lowest BCUT2D eigenvalue weighted by Crippen LogP contribution is -2.49. The fraction of sp³-hybridized carbons (Fsp3) is 0.500. The number of nitrogens with one attached hydrogen (secondary N) is 2. The van der Waals surface area contributed by atoms with Gasteiger partial charge < -0.3 is 11.1 Å². The van der Waals surface area contributed by atoms with Crippen molar-refractivity contribution < 1.29 is 14.0 Å². The van der Waals surface area contributed by atoms with E-state index in [2.05, 4.69) is 10.6 Å². The van der Waals surface area contributed by atoms with Crippen LogP contribution >= 0.6 is 0 Å². The number of benzene rings is 1. The zero-order valence-corrected chi connectivity index (χ0v) is 12.7. The molecule has 1 aliphatic rings. The lowest BCUT2D eigenvalue weighted by Gasteiger charge is -2.31. The Bertz CT molecular complexity index is 539. The predicted molar refractivity (Wildman–Crippen MR) is 81.7 cm³/mol. The van der Waals surface area contributed by atoms with Gasteiger partial charge in [-0.2, -0.15) is 0 Å². The molecule has 0 aliphatic heterocycles. The van der Waals surface area contributed by atoms with Crippen LogP contribution in [-0.2, 0) is 10.2 Å². The number of urea groups is 1. The minimum Gasteiger partial charge on any atom is -0.351 e. The van der Waals surface area contributed by atoms with Crippen LogP contribution in [0.5, 0.6) is 0 Å². The number of carbonyl (C=O) groups is 2. The number of amides is 3. The summed E-state index contributed by atoms with van der Waals surface area (Å²) < 4.78 is 13.1. The molecule has 1 aromatic carbocycles. The Kier molecular flexibility index (Phi) is 5.13. The highest BCUT2D eigenvalue weighted by atomic mass is 19.1. The predicted octanol–water partition coefficient (Wildman–Crippen LogP) is 1.81. The molecule has 2 rings (SSSR count). The van der Waals surface area contributed by atoms with Gasteiger partial charge in [-0.05, 0) is 37.5 Å². The first-order chi connectivity index (χ1) is 10.4. The largest absolute Gasteiger partial charge is 0.351 e. The number of primary amides is 1. The van der Waals surface area contributed by atoms with E-state index in [1.165, 1.54) is 12.1 Å². The van der Waals surface area contributed by atoms with Gasteiger partial charge in [0.05, 0.1) is 6.04 Å². The molecule has 3 amide bonds. The van der Waals surface area contributed by atoms with Gasteiger partial charge in [-0.3, -0.25) is 10.1 Å². The average Bonchev–Trinajstić information content (AvgIpc) is 2.94. The summed E-state index contributed by atoms with van der Waals surface area (Å²) in [4.78, 5) is 22.4. The second-order valence-corrected chi connectivity index (χ2v) is 5.95. The highest BCUT2D eigenvalue weighted by Gasteiger charge is 2.36. The van der Waals surface area contributed by atoms with E-state index in [0.717, 1.165) is 31.2 Å². The fourth-order valence-corrected chi connectivity index (χ4v) is 3.09. The molecule has 6 heteroatoms. The molecule has 1 aromatic rings. The maximum absolute atomic E-state index is 13.1. The Morgan fingerprint density at radius 2 is 1.86 bits per heavy atom.